The van der Waals surface area contributed by atoms with Crippen molar-refractivity contribution in [3.8, 4) is 0 Å². The molecule has 3 heterocycles. The van der Waals surface area contributed by atoms with Crippen LogP contribution in [0.15, 0.2) is 22.8 Å². The fourth-order valence-electron chi connectivity index (χ4n) is 3.47. The highest BCUT2D eigenvalue weighted by molar-refractivity contribution is 5.77. The molecular formula is C17H23N3O2. The maximum Gasteiger partial charge on any atom is 0.223 e. The number of carbonyl (C=O) groups is 1. The Bertz CT molecular complexity index is 658. The quantitative estimate of drug-likeness (QED) is 0.872. The fraction of sp³-hybridized carbons (Fsp3) is 0.529. The first-order valence-electron chi connectivity index (χ1n) is 7.90. The molecule has 2 aromatic rings. The Labute approximate surface area is 130 Å². The number of amides is 1. The number of nitrogens with zero attached hydrogens (tertiary/aromatic N) is 3. The molecule has 2 aromatic heterocycles. The Morgan fingerprint density at radius 3 is 2.91 bits per heavy atom. The minimum absolute atomic E-state index is 0.179. The molecule has 22 heavy (non-hydrogen) atoms. The summed E-state index contributed by atoms with van der Waals surface area (Å²) in [5, 5.41) is 4.50. The molecule has 118 valence electrons. The van der Waals surface area contributed by atoms with E-state index in [1.54, 1.807) is 6.26 Å². The number of furan rings is 1. The predicted octanol–water partition coefficient (Wildman–Crippen LogP) is 2.93. The fourth-order valence-corrected chi connectivity index (χ4v) is 3.47. The third-order valence-electron chi connectivity index (χ3n) is 4.64. The van der Waals surface area contributed by atoms with Crippen LogP contribution in [0.2, 0.25) is 0 Å². The smallest absolute Gasteiger partial charge is 0.223 e. The summed E-state index contributed by atoms with van der Waals surface area (Å²) < 4.78 is 7.23. The third kappa shape index (κ3) is 2.67. The molecule has 0 N–H and O–H groups in total. The molecule has 0 radical (unpaired) electrons. The average molecular weight is 301 g/mol. The van der Waals surface area contributed by atoms with Crippen molar-refractivity contribution in [2.45, 2.75) is 45.6 Å². The molecule has 1 aliphatic heterocycles. The second kappa shape index (κ2) is 5.99. The van der Waals surface area contributed by atoms with Crippen LogP contribution >= 0.6 is 0 Å². The van der Waals surface area contributed by atoms with Crippen molar-refractivity contribution in [3.05, 3.63) is 41.1 Å². The first-order chi connectivity index (χ1) is 10.6. The number of hydrogen-bond donors (Lipinski definition) is 0. The van der Waals surface area contributed by atoms with Gasteiger partial charge in [0.15, 0.2) is 0 Å². The number of hydrogen-bond acceptors (Lipinski definition) is 3. The number of rotatable bonds is 4. The van der Waals surface area contributed by atoms with E-state index in [4.69, 9.17) is 4.42 Å². The van der Waals surface area contributed by atoms with Crippen molar-refractivity contribution in [2.24, 2.45) is 7.05 Å². The molecule has 3 rings (SSSR count). The minimum Gasteiger partial charge on any atom is -0.469 e. The lowest BCUT2D eigenvalue weighted by atomic mass is 10.0. The van der Waals surface area contributed by atoms with E-state index in [0.717, 1.165) is 36.5 Å². The van der Waals surface area contributed by atoms with E-state index in [0.29, 0.717) is 12.8 Å². The van der Waals surface area contributed by atoms with E-state index in [1.807, 2.05) is 35.7 Å². The summed E-state index contributed by atoms with van der Waals surface area (Å²) in [6.45, 7) is 4.96. The van der Waals surface area contributed by atoms with E-state index in [9.17, 15) is 4.79 Å². The molecular weight excluding hydrogens is 278 g/mol. The van der Waals surface area contributed by atoms with Crippen LogP contribution < -0.4 is 0 Å². The van der Waals surface area contributed by atoms with Crippen LogP contribution in [0, 0.1) is 13.8 Å². The summed E-state index contributed by atoms with van der Waals surface area (Å²) in [5.74, 6) is 1.08. The van der Waals surface area contributed by atoms with E-state index in [-0.39, 0.29) is 11.9 Å². The summed E-state index contributed by atoms with van der Waals surface area (Å²) >= 11 is 0. The van der Waals surface area contributed by atoms with Gasteiger partial charge in [-0.1, -0.05) is 0 Å². The number of carbonyl (C=O) groups excluding carboxylic acids is 1. The molecule has 0 bridgehead atoms. The maximum absolute atomic E-state index is 12.6. The van der Waals surface area contributed by atoms with Crippen LogP contribution in [-0.4, -0.2) is 27.1 Å². The van der Waals surface area contributed by atoms with Gasteiger partial charge in [-0.05, 0) is 38.8 Å². The zero-order valence-corrected chi connectivity index (χ0v) is 13.5. The zero-order valence-electron chi connectivity index (χ0n) is 13.5. The van der Waals surface area contributed by atoms with Crippen molar-refractivity contribution in [3.63, 3.8) is 0 Å². The SMILES string of the molecule is Cc1nn(C)c(C)c1[C@@H]1CCCN1C(=O)CCc1ccco1. The van der Waals surface area contributed by atoms with Crippen LogP contribution in [0.5, 0.6) is 0 Å². The Morgan fingerprint density at radius 2 is 2.27 bits per heavy atom. The molecule has 1 fully saturated rings. The van der Waals surface area contributed by atoms with Crippen molar-refractivity contribution in [1.82, 2.24) is 14.7 Å². The van der Waals surface area contributed by atoms with Crippen LogP contribution in [0.1, 0.15) is 48.0 Å². The molecule has 0 saturated carbocycles. The second-order valence-electron chi connectivity index (χ2n) is 6.03. The largest absolute Gasteiger partial charge is 0.469 e. The topological polar surface area (TPSA) is 51.3 Å². The van der Waals surface area contributed by atoms with Crippen LogP contribution in [0.3, 0.4) is 0 Å². The summed E-state index contributed by atoms with van der Waals surface area (Å²) in [4.78, 5) is 14.6. The molecule has 1 amide bonds. The summed E-state index contributed by atoms with van der Waals surface area (Å²) in [6.07, 6.45) is 4.91. The van der Waals surface area contributed by atoms with Gasteiger partial charge in [0, 0.05) is 37.7 Å². The van der Waals surface area contributed by atoms with Gasteiger partial charge in [0.1, 0.15) is 5.76 Å². The highest BCUT2D eigenvalue weighted by Crippen LogP contribution is 2.35. The standard InChI is InChI=1S/C17H23N3O2/c1-12-17(13(2)19(3)18-12)15-7-4-10-20(15)16(21)9-8-14-6-5-11-22-14/h5-6,11,15H,4,7-10H2,1-3H3/t15-/m0/s1. The van der Waals surface area contributed by atoms with Gasteiger partial charge >= 0.3 is 0 Å². The van der Waals surface area contributed by atoms with Gasteiger partial charge in [0.05, 0.1) is 18.0 Å². The lowest BCUT2D eigenvalue weighted by Gasteiger charge is -2.25. The zero-order chi connectivity index (χ0) is 15.7. The molecule has 0 aromatic carbocycles. The Kier molecular flexibility index (Phi) is 4.05. The van der Waals surface area contributed by atoms with Gasteiger partial charge in [0.2, 0.25) is 5.91 Å². The van der Waals surface area contributed by atoms with Crippen molar-refractivity contribution in [1.29, 1.82) is 0 Å². The maximum atomic E-state index is 12.6. The first kappa shape index (κ1) is 14.9. The predicted molar refractivity (Wildman–Crippen MR) is 83.4 cm³/mol. The highest BCUT2D eigenvalue weighted by Gasteiger charge is 2.33. The monoisotopic (exact) mass is 301 g/mol. The second-order valence-corrected chi connectivity index (χ2v) is 6.03. The third-order valence-corrected chi connectivity index (χ3v) is 4.64. The molecule has 0 unspecified atom stereocenters. The lowest BCUT2D eigenvalue weighted by molar-refractivity contribution is -0.132. The van der Waals surface area contributed by atoms with Crippen LogP contribution in [-0.2, 0) is 18.3 Å². The van der Waals surface area contributed by atoms with Crippen molar-refractivity contribution in [2.75, 3.05) is 6.54 Å². The van der Waals surface area contributed by atoms with E-state index in [1.165, 1.54) is 5.56 Å². The molecule has 5 nitrogen and oxygen atoms in total. The van der Waals surface area contributed by atoms with Gasteiger partial charge in [-0.25, -0.2) is 0 Å². The van der Waals surface area contributed by atoms with Gasteiger partial charge in [0.25, 0.3) is 0 Å². The number of likely N-dealkylation sites (tertiary alicyclic amines) is 1. The number of aryl methyl sites for hydroxylation is 3. The summed E-state index contributed by atoms with van der Waals surface area (Å²) in [5.41, 5.74) is 3.43. The Hall–Kier alpha value is -2.04. The van der Waals surface area contributed by atoms with Gasteiger partial charge in [-0.15, -0.1) is 0 Å². The van der Waals surface area contributed by atoms with E-state index < -0.39 is 0 Å². The average Bonchev–Trinajstić information content (AvgIpc) is 3.19. The van der Waals surface area contributed by atoms with E-state index in [2.05, 4.69) is 12.0 Å². The molecule has 1 saturated heterocycles. The summed E-state index contributed by atoms with van der Waals surface area (Å²) in [6, 6.07) is 3.96. The van der Waals surface area contributed by atoms with Crippen molar-refractivity contribution < 1.29 is 9.21 Å². The van der Waals surface area contributed by atoms with Gasteiger partial charge in [-0.2, -0.15) is 5.10 Å². The lowest BCUT2D eigenvalue weighted by Crippen LogP contribution is -2.31. The minimum atomic E-state index is 0.179. The Morgan fingerprint density at radius 1 is 1.45 bits per heavy atom. The molecule has 0 spiro atoms. The van der Waals surface area contributed by atoms with Gasteiger partial charge < -0.3 is 9.32 Å². The summed E-state index contributed by atoms with van der Waals surface area (Å²) in [7, 11) is 1.96. The first-order valence-corrected chi connectivity index (χ1v) is 7.90. The van der Waals surface area contributed by atoms with Gasteiger partial charge in [-0.3, -0.25) is 9.48 Å². The van der Waals surface area contributed by atoms with E-state index >= 15 is 0 Å². The molecule has 1 atom stereocenters. The number of aromatic nitrogens is 2. The molecule has 1 aliphatic rings. The normalized spacial score (nSPS) is 18.1. The molecule has 0 aliphatic carbocycles. The highest BCUT2D eigenvalue weighted by atomic mass is 16.3. The van der Waals surface area contributed by atoms with Crippen LogP contribution in [0.4, 0.5) is 0 Å². The van der Waals surface area contributed by atoms with Crippen LogP contribution in [0.25, 0.3) is 0 Å². The Balaban J connectivity index is 1.73. The van der Waals surface area contributed by atoms with Crippen molar-refractivity contribution >= 4 is 5.91 Å². The molecule has 5 heteroatoms.